The number of aryl methyl sites for hydroxylation is 1. The van der Waals surface area contributed by atoms with E-state index in [0.717, 1.165) is 22.7 Å². The fourth-order valence-corrected chi connectivity index (χ4v) is 3.39. The molecule has 1 heterocycles. The van der Waals surface area contributed by atoms with Gasteiger partial charge in [-0.15, -0.1) is 22.0 Å². The smallest absolute Gasteiger partial charge is 0.236 e. The van der Waals surface area contributed by atoms with Gasteiger partial charge in [0.15, 0.2) is 0 Å². The Labute approximate surface area is 143 Å². The Hall–Kier alpha value is -1.11. The number of nitrogens with one attached hydrogen (secondary N) is 1. The van der Waals surface area contributed by atoms with Crippen molar-refractivity contribution < 1.29 is 4.79 Å². The molecule has 2 aromatic rings. The predicted octanol–water partition coefficient (Wildman–Crippen LogP) is 4.66. The number of halogens is 1. The fraction of sp³-hybridized carbons (Fsp3) is 0.400. The van der Waals surface area contributed by atoms with Crippen molar-refractivity contribution in [2.24, 2.45) is 0 Å². The molecule has 0 radical (unpaired) electrons. The summed E-state index contributed by atoms with van der Waals surface area (Å²) in [6.07, 6.45) is 4.43. The van der Waals surface area contributed by atoms with Crippen LogP contribution in [0.15, 0.2) is 29.2 Å². The zero-order valence-corrected chi connectivity index (χ0v) is 14.7. The molecule has 1 N–H and O–H groups in total. The first-order chi connectivity index (χ1) is 10.7. The lowest BCUT2D eigenvalue weighted by Crippen LogP contribution is -2.13. The third-order valence-electron chi connectivity index (χ3n) is 2.89. The zero-order chi connectivity index (χ0) is 15.8. The highest BCUT2D eigenvalue weighted by Crippen LogP contribution is 2.21. The Morgan fingerprint density at radius 3 is 2.77 bits per heavy atom. The van der Waals surface area contributed by atoms with Crippen molar-refractivity contribution in [3.05, 3.63) is 34.3 Å². The number of benzene rings is 1. The summed E-state index contributed by atoms with van der Waals surface area (Å²) in [6.45, 7) is 2.17. The molecule has 0 fully saturated rings. The molecule has 0 aliphatic heterocycles. The molecule has 1 aromatic heterocycles. The number of carbonyl (C=O) groups excluding carboxylic acids is 1. The number of aromatic nitrogens is 2. The molecule has 0 unspecified atom stereocenters. The number of carbonyl (C=O) groups is 1. The number of nitrogens with zero attached hydrogens (tertiary/aromatic N) is 2. The van der Waals surface area contributed by atoms with Crippen molar-refractivity contribution >= 4 is 45.7 Å². The largest absolute Gasteiger partial charge is 0.300 e. The zero-order valence-electron chi connectivity index (χ0n) is 12.3. The van der Waals surface area contributed by atoms with Crippen LogP contribution in [0, 0.1) is 0 Å². The third kappa shape index (κ3) is 5.94. The summed E-state index contributed by atoms with van der Waals surface area (Å²) in [5, 5.41) is 13.2. The summed E-state index contributed by atoms with van der Waals surface area (Å²) in [7, 11) is 0. The topological polar surface area (TPSA) is 54.9 Å². The van der Waals surface area contributed by atoms with E-state index in [-0.39, 0.29) is 5.91 Å². The van der Waals surface area contributed by atoms with Gasteiger partial charge < -0.3 is 0 Å². The first-order valence-electron chi connectivity index (χ1n) is 7.18. The maximum Gasteiger partial charge on any atom is 0.236 e. The minimum Gasteiger partial charge on any atom is -0.300 e. The van der Waals surface area contributed by atoms with Crippen LogP contribution in [0.25, 0.3) is 0 Å². The van der Waals surface area contributed by atoms with Crippen LogP contribution in [0.4, 0.5) is 5.13 Å². The highest BCUT2D eigenvalue weighted by molar-refractivity contribution is 8.00. The molecule has 0 aliphatic carbocycles. The molecule has 2 rings (SSSR count). The monoisotopic (exact) mass is 355 g/mol. The molecular formula is C15H18ClN3OS2. The second-order valence-electron chi connectivity index (χ2n) is 4.75. The fourth-order valence-electron chi connectivity index (χ4n) is 1.77. The number of rotatable bonds is 8. The van der Waals surface area contributed by atoms with Crippen LogP contribution in [0.1, 0.15) is 31.2 Å². The van der Waals surface area contributed by atoms with Crippen LogP contribution >= 0.6 is 34.7 Å². The van der Waals surface area contributed by atoms with Gasteiger partial charge in [0.25, 0.3) is 0 Å². The summed E-state index contributed by atoms with van der Waals surface area (Å²) in [5.41, 5.74) is 0. The van der Waals surface area contributed by atoms with Gasteiger partial charge in [-0.1, -0.05) is 42.7 Å². The maximum absolute atomic E-state index is 11.9. The van der Waals surface area contributed by atoms with Gasteiger partial charge in [-0.05, 0) is 30.7 Å². The first-order valence-corrected chi connectivity index (χ1v) is 9.36. The number of anilines is 1. The second-order valence-corrected chi connectivity index (χ2v) is 7.30. The SMILES string of the molecule is CCCCCc1nnc(NC(=O)CSc2ccc(Cl)cc2)s1. The molecule has 0 aliphatic rings. The summed E-state index contributed by atoms with van der Waals surface area (Å²) in [6, 6.07) is 7.43. The molecule has 0 spiro atoms. The van der Waals surface area contributed by atoms with E-state index in [1.165, 1.54) is 35.9 Å². The molecule has 22 heavy (non-hydrogen) atoms. The Balaban J connectivity index is 1.75. The minimum atomic E-state index is -0.0730. The van der Waals surface area contributed by atoms with E-state index < -0.39 is 0 Å². The molecular weight excluding hydrogens is 338 g/mol. The van der Waals surface area contributed by atoms with Crippen molar-refractivity contribution in [1.82, 2.24) is 10.2 Å². The van der Waals surface area contributed by atoms with Gasteiger partial charge in [0.1, 0.15) is 5.01 Å². The van der Waals surface area contributed by atoms with Crippen molar-refractivity contribution in [2.75, 3.05) is 11.1 Å². The summed E-state index contributed by atoms with van der Waals surface area (Å²) < 4.78 is 0. The average molecular weight is 356 g/mol. The molecule has 118 valence electrons. The molecule has 1 aromatic carbocycles. The van der Waals surface area contributed by atoms with E-state index in [4.69, 9.17) is 11.6 Å². The Morgan fingerprint density at radius 1 is 1.27 bits per heavy atom. The second kappa shape index (κ2) is 9.12. The van der Waals surface area contributed by atoms with Crippen molar-refractivity contribution in [3.8, 4) is 0 Å². The van der Waals surface area contributed by atoms with Gasteiger partial charge in [0.2, 0.25) is 11.0 Å². The molecule has 1 amide bonds. The van der Waals surface area contributed by atoms with Crippen molar-refractivity contribution in [2.45, 2.75) is 37.5 Å². The first kappa shape index (κ1) is 17.2. The van der Waals surface area contributed by atoms with E-state index >= 15 is 0 Å². The standard InChI is InChI=1S/C15H18ClN3OS2/c1-2-3-4-5-14-18-19-15(22-14)17-13(20)10-21-12-8-6-11(16)7-9-12/h6-9H,2-5,10H2,1H3,(H,17,19,20). The van der Waals surface area contributed by atoms with Crippen LogP contribution in [0.5, 0.6) is 0 Å². The van der Waals surface area contributed by atoms with Crippen LogP contribution in [-0.2, 0) is 11.2 Å². The lowest BCUT2D eigenvalue weighted by atomic mass is 10.2. The number of hydrogen-bond acceptors (Lipinski definition) is 5. The van der Waals surface area contributed by atoms with Crippen LogP contribution in [0.3, 0.4) is 0 Å². The Kier molecular flexibility index (Phi) is 7.15. The maximum atomic E-state index is 11.9. The van der Waals surface area contributed by atoms with E-state index in [1.54, 1.807) is 0 Å². The molecule has 0 saturated heterocycles. The Bertz CT molecular complexity index is 601. The van der Waals surface area contributed by atoms with Gasteiger partial charge in [0.05, 0.1) is 5.75 Å². The highest BCUT2D eigenvalue weighted by Gasteiger charge is 2.08. The lowest BCUT2D eigenvalue weighted by molar-refractivity contribution is -0.113. The summed E-state index contributed by atoms with van der Waals surface area (Å²) >= 11 is 8.75. The summed E-state index contributed by atoms with van der Waals surface area (Å²) in [5.74, 6) is 0.267. The van der Waals surface area contributed by atoms with E-state index in [1.807, 2.05) is 24.3 Å². The highest BCUT2D eigenvalue weighted by atomic mass is 35.5. The number of unbranched alkanes of at least 4 members (excludes halogenated alkanes) is 2. The third-order valence-corrected chi connectivity index (χ3v) is 5.05. The minimum absolute atomic E-state index is 0.0730. The molecule has 0 bridgehead atoms. The predicted molar refractivity (Wildman–Crippen MR) is 93.9 cm³/mol. The van der Waals surface area contributed by atoms with Gasteiger partial charge in [-0.2, -0.15) is 0 Å². The lowest BCUT2D eigenvalue weighted by Gasteiger charge is -2.01. The summed E-state index contributed by atoms with van der Waals surface area (Å²) in [4.78, 5) is 12.9. The average Bonchev–Trinajstić information content (AvgIpc) is 2.94. The van der Waals surface area contributed by atoms with Crippen molar-refractivity contribution in [3.63, 3.8) is 0 Å². The molecule has 0 saturated carbocycles. The number of amides is 1. The van der Waals surface area contributed by atoms with Gasteiger partial charge in [-0.25, -0.2) is 0 Å². The van der Waals surface area contributed by atoms with E-state index in [9.17, 15) is 4.79 Å². The normalized spacial score (nSPS) is 10.6. The van der Waals surface area contributed by atoms with Crippen molar-refractivity contribution in [1.29, 1.82) is 0 Å². The van der Waals surface area contributed by atoms with Gasteiger partial charge in [-0.3, -0.25) is 10.1 Å². The van der Waals surface area contributed by atoms with Crippen LogP contribution in [-0.4, -0.2) is 21.9 Å². The Morgan fingerprint density at radius 2 is 2.05 bits per heavy atom. The molecule has 0 atom stereocenters. The number of thioether (sulfide) groups is 1. The number of hydrogen-bond donors (Lipinski definition) is 1. The van der Waals surface area contributed by atoms with Crippen LogP contribution < -0.4 is 5.32 Å². The van der Waals surface area contributed by atoms with Crippen LogP contribution in [0.2, 0.25) is 5.02 Å². The molecule has 4 nitrogen and oxygen atoms in total. The van der Waals surface area contributed by atoms with E-state index in [2.05, 4.69) is 22.4 Å². The van der Waals surface area contributed by atoms with Gasteiger partial charge in [0, 0.05) is 16.3 Å². The van der Waals surface area contributed by atoms with Gasteiger partial charge >= 0.3 is 0 Å². The quantitative estimate of drug-likeness (QED) is 0.553. The molecule has 7 heteroatoms. The van der Waals surface area contributed by atoms with E-state index in [0.29, 0.717) is 15.9 Å².